The third kappa shape index (κ3) is 5.86. The maximum atomic E-state index is 11.8. The van der Waals surface area contributed by atoms with Gasteiger partial charge < -0.3 is 10.4 Å². The predicted molar refractivity (Wildman–Crippen MR) is 73.8 cm³/mol. The van der Waals surface area contributed by atoms with Crippen LogP contribution in [0.2, 0.25) is 0 Å². The molecule has 0 saturated carbocycles. The lowest BCUT2D eigenvalue weighted by Gasteiger charge is -2.13. The van der Waals surface area contributed by atoms with Crippen molar-refractivity contribution in [3.63, 3.8) is 0 Å². The number of amides is 1. The largest absolute Gasteiger partial charge is 0.480 e. The van der Waals surface area contributed by atoms with Gasteiger partial charge in [0.05, 0.1) is 6.42 Å². The molecule has 1 aromatic carbocycles. The third-order valence-electron chi connectivity index (χ3n) is 2.60. The van der Waals surface area contributed by atoms with Crippen molar-refractivity contribution in [1.82, 2.24) is 5.32 Å². The molecular weight excluding hydrogens is 242 g/mol. The van der Waals surface area contributed by atoms with Crippen LogP contribution in [0.3, 0.4) is 0 Å². The van der Waals surface area contributed by atoms with E-state index in [0.29, 0.717) is 6.42 Å². The Morgan fingerprint density at radius 1 is 1.26 bits per heavy atom. The zero-order chi connectivity index (χ0) is 14.3. The van der Waals surface area contributed by atoms with Gasteiger partial charge in [-0.15, -0.1) is 0 Å². The van der Waals surface area contributed by atoms with E-state index in [-0.39, 0.29) is 12.3 Å². The molecule has 0 bridgehead atoms. The summed E-state index contributed by atoms with van der Waals surface area (Å²) in [4.78, 5) is 22.8. The molecule has 1 atom stereocenters. The second-order valence-electron chi connectivity index (χ2n) is 4.64. The normalized spacial score (nSPS) is 11.5. The van der Waals surface area contributed by atoms with Crippen LogP contribution >= 0.6 is 0 Å². The smallest absolute Gasteiger partial charge is 0.326 e. The van der Waals surface area contributed by atoms with Gasteiger partial charge in [-0.05, 0) is 25.8 Å². The van der Waals surface area contributed by atoms with Crippen molar-refractivity contribution in [2.75, 3.05) is 0 Å². The van der Waals surface area contributed by atoms with Crippen molar-refractivity contribution in [3.8, 4) is 0 Å². The SMILES string of the molecule is CC(C)=CC[C@@H](NC(=O)Cc1ccccc1)C(=O)O. The Bertz CT molecular complexity index is 462. The average Bonchev–Trinajstić information content (AvgIpc) is 2.35. The molecule has 0 spiro atoms. The average molecular weight is 261 g/mol. The highest BCUT2D eigenvalue weighted by Gasteiger charge is 2.18. The summed E-state index contributed by atoms with van der Waals surface area (Å²) in [5.41, 5.74) is 1.90. The first-order valence-corrected chi connectivity index (χ1v) is 6.18. The number of hydrogen-bond acceptors (Lipinski definition) is 2. The van der Waals surface area contributed by atoms with E-state index in [4.69, 9.17) is 5.11 Å². The maximum Gasteiger partial charge on any atom is 0.326 e. The van der Waals surface area contributed by atoms with E-state index in [9.17, 15) is 9.59 Å². The van der Waals surface area contributed by atoms with Gasteiger partial charge in [0, 0.05) is 0 Å². The lowest BCUT2D eigenvalue weighted by atomic mass is 10.1. The van der Waals surface area contributed by atoms with Crippen LogP contribution in [0.25, 0.3) is 0 Å². The molecule has 102 valence electrons. The molecule has 0 unspecified atom stereocenters. The van der Waals surface area contributed by atoms with Gasteiger partial charge in [-0.2, -0.15) is 0 Å². The Morgan fingerprint density at radius 3 is 2.42 bits per heavy atom. The van der Waals surface area contributed by atoms with Crippen LogP contribution < -0.4 is 5.32 Å². The highest BCUT2D eigenvalue weighted by atomic mass is 16.4. The highest BCUT2D eigenvalue weighted by molar-refractivity contribution is 5.84. The van der Waals surface area contributed by atoms with Crippen molar-refractivity contribution in [2.45, 2.75) is 32.7 Å². The van der Waals surface area contributed by atoms with Crippen LogP contribution in [0, 0.1) is 0 Å². The van der Waals surface area contributed by atoms with Crippen LogP contribution in [0.15, 0.2) is 42.0 Å². The first-order valence-electron chi connectivity index (χ1n) is 6.18. The molecule has 4 nitrogen and oxygen atoms in total. The molecule has 1 amide bonds. The molecule has 2 N–H and O–H groups in total. The molecule has 0 saturated heterocycles. The number of aliphatic carboxylic acids is 1. The summed E-state index contributed by atoms with van der Waals surface area (Å²) in [5.74, 6) is -1.29. The Kier molecular flexibility index (Phi) is 5.79. The summed E-state index contributed by atoms with van der Waals surface area (Å²) < 4.78 is 0. The molecule has 0 aliphatic heterocycles. The maximum absolute atomic E-state index is 11.8. The first kappa shape index (κ1) is 15.0. The van der Waals surface area contributed by atoms with Crippen LogP contribution in [0.1, 0.15) is 25.8 Å². The fraction of sp³-hybridized carbons (Fsp3) is 0.333. The lowest BCUT2D eigenvalue weighted by molar-refractivity contribution is -0.141. The molecule has 0 radical (unpaired) electrons. The number of carbonyl (C=O) groups excluding carboxylic acids is 1. The second kappa shape index (κ2) is 7.36. The van der Waals surface area contributed by atoms with E-state index in [2.05, 4.69) is 5.32 Å². The highest BCUT2D eigenvalue weighted by Crippen LogP contribution is 2.02. The molecule has 0 fully saturated rings. The molecule has 4 heteroatoms. The summed E-state index contributed by atoms with van der Waals surface area (Å²) in [6.07, 6.45) is 2.30. The van der Waals surface area contributed by atoms with Gasteiger partial charge in [-0.1, -0.05) is 42.0 Å². The molecular formula is C15H19NO3. The van der Waals surface area contributed by atoms with Gasteiger partial charge in [0.15, 0.2) is 0 Å². The Balaban J connectivity index is 2.57. The second-order valence-corrected chi connectivity index (χ2v) is 4.64. The molecule has 0 aromatic heterocycles. The topological polar surface area (TPSA) is 66.4 Å². The van der Waals surface area contributed by atoms with Gasteiger partial charge in [0.2, 0.25) is 5.91 Å². The van der Waals surface area contributed by atoms with Gasteiger partial charge in [-0.25, -0.2) is 4.79 Å². The van der Waals surface area contributed by atoms with Crippen molar-refractivity contribution in [2.24, 2.45) is 0 Å². The molecule has 1 rings (SSSR count). The van der Waals surface area contributed by atoms with Gasteiger partial charge >= 0.3 is 5.97 Å². The number of benzene rings is 1. The number of hydrogen-bond donors (Lipinski definition) is 2. The van der Waals surface area contributed by atoms with E-state index in [1.54, 1.807) is 0 Å². The number of rotatable bonds is 6. The fourth-order valence-corrected chi connectivity index (χ4v) is 1.60. The molecule has 0 aliphatic rings. The minimum atomic E-state index is -1.01. The number of carboxylic acid groups (broad SMARTS) is 1. The molecule has 0 heterocycles. The minimum absolute atomic E-state index is 0.194. The Morgan fingerprint density at radius 2 is 1.89 bits per heavy atom. The van der Waals surface area contributed by atoms with Crippen LogP contribution in [-0.2, 0) is 16.0 Å². The Labute approximate surface area is 113 Å². The molecule has 0 aliphatic carbocycles. The van der Waals surface area contributed by atoms with Gasteiger partial charge in [-0.3, -0.25) is 4.79 Å². The van der Waals surface area contributed by atoms with E-state index in [0.717, 1.165) is 11.1 Å². The quantitative estimate of drug-likeness (QED) is 0.771. The minimum Gasteiger partial charge on any atom is -0.480 e. The van der Waals surface area contributed by atoms with E-state index in [1.807, 2.05) is 50.3 Å². The summed E-state index contributed by atoms with van der Waals surface area (Å²) in [6, 6.07) is 8.37. The van der Waals surface area contributed by atoms with Crippen LogP contribution in [0.5, 0.6) is 0 Å². The Hall–Kier alpha value is -2.10. The molecule has 19 heavy (non-hydrogen) atoms. The third-order valence-corrected chi connectivity index (χ3v) is 2.60. The standard InChI is InChI=1S/C15H19NO3/c1-11(2)8-9-13(15(18)19)16-14(17)10-12-6-4-3-5-7-12/h3-8,13H,9-10H2,1-2H3,(H,16,17)(H,18,19)/t13-/m1/s1. The fourth-order valence-electron chi connectivity index (χ4n) is 1.60. The summed E-state index contributed by atoms with van der Waals surface area (Å²) in [5, 5.41) is 11.6. The number of carboxylic acids is 1. The van der Waals surface area contributed by atoms with Crippen molar-refractivity contribution < 1.29 is 14.7 Å². The number of allylic oxidation sites excluding steroid dienone is 1. The van der Waals surface area contributed by atoms with Gasteiger partial charge in [0.25, 0.3) is 0 Å². The summed E-state index contributed by atoms with van der Waals surface area (Å²) in [6.45, 7) is 3.79. The summed E-state index contributed by atoms with van der Waals surface area (Å²) >= 11 is 0. The zero-order valence-corrected chi connectivity index (χ0v) is 11.2. The summed E-state index contributed by atoms with van der Waals surface area (Å²) in [7, 11) is 0. The lowest BCUT2D eigenvalue weighted by Crippen LogP contribution is -2.41. The van der Waals surface area contributed by atoms with E-state index in [1.165, 1.54) is 0 Å². The zero-order valence-electron chi connectivity index (χ0n) is 11.2. The van der Waals surface area contributed by atoms with Crippen molar-refractivity contribution in [3.05, 3.63) is 47.5 Å². The van der Waals surface area contributed by atoms with Crippen LogP contribution in [-0.4, -0.2) is 23.0 Å². The van der Waals surface area contributed by atoms with E-state index < -0.39 is 12.0 Å². The number of carbonyl (C=O) groups is 2. The molecule has 1 aromatic rings. The monoisotopic (exact) mass is 261 g/mol. The van der Waals surface area contributed by atoms with E-state index >= 15 is 0 Å². The predicted octanol–water partition coefficient (Wildman–Crippen LogP) is 2.15. The number of nitrogens with one attached hydrogen (secondary N) is 1. The van der Waals surface area contributed by atoms with Gasteiger partial charge in [0.1, 0.15) is 6.04 Å². The van der Waals surface area contributed by atoms with Crippen molar-refractivity contribution >= 4 is 11.9 Å². The first-order chi connectivity index (χ1) is 8.99. The van der Waals surface area contributed by atoms with Crippen LogP contribution in [0.4, 0.5) is 0 Å². The van der Waals surface area contributed by atoms with Crippen molar-refractivity contribution in [1.29, 1.82) is 0 Å².